The van der Waals surface area contributed by atoms with Gasteiger partial charge in [0.15, 0.2) is 0 Å². The molecule has 3 nitrogen and oxygen atoms in total. The molecule has 3 rings (SSSR count). The van der Waals surface area contributed by atoms with Crippen molar-refractivity contribution in [1.29, 1.82) is 0 Å². The first-order chi connectivity index (χ1) is 9.69. The fourth-order valence-electron chi connectivity index (χ4n) is 2.41. The SMILES string of the molecule is CSc1cccc(C(O)c2ccc3c(c2)B(O)OC3)c1. The Balaban J connectivity index is 1.94. The number of hydrogen-bond acceptors (Lipinski definition) is 4. The van der Waals surface area contributed by atoms with E-state index in [9.17, 15) is 10.1 Å². The molecule has 0 aliphatic carbocycles. The summed E-state index contributed by atoms with van der Waals surface area (Å²) in [5.41, 5.74) is 3.35. The molecular formula is C15H15BO3S. The molecule has 0 radical (unpaired) electrons. The van der Waals surface area contributed by atoms with Crippen LogP contribution in [0, 0.1) is 0 Å². The maximum Gasteiger partial charge on any atom is 0.491 e. The highest BCUT2D eigenvalue weighted by atomic mass is 32.2. The first-order valence-corrected chi connectivity index (χ1v) is 7.66. The molecule has 20 heavy (non-hydrogen) atoms. The van der Waals surface area contributed by atoms with Gasteiger partial charge in [0.2, 0.25) is 0 Å². The van der Waals surface area contributed by atoms with E-state index < -0.39 is 13.2 Å². The molecule has 0 saturated heterocycles. The van der Waals surface area contributed by atoms with Crippen LogP contribution in [0.5, 0.6) is 0 Å². The van der Waals surface area contributed by atoms with Crippen molar-refractivity contribution in [3.05, 3.63) is 59.2 Å². The maximum absolute atomic E-state index is 10.5. The lowest BCUT2D eigenvalue weighted by atomic mass is 9.78. The van der Waals surface area contributed by atoms with Crippen LogP contribution in [0.4, 0.5) is 0 Å². The van der Waals surface area contributed by atoms with Gasteiger partial charge in [0.25, 0.3) is 0 Å². The van der Waals surface area contributed by atoms with E-state index in [-0.39, 0.29) is 0 Å². The number of aliphatic hydroxyl groups excluding tert-OH is 1. The molecule has 2 aromatic carbocycles. The first-order valence-electron chi connectivity index (χ1n) is 6.43. The third kappa shape index (κ3) is 2.50. The standard InChI is InChI=1S/C15H15BO3S/c1-20-13-4-2-3-10(7-13)15(17)11-5-6-12-9-19-16(18)14(12)8-11/h2-8,15,17-18H,9H2,1H3. The molecule has 1 heterocycles. The number of hydrogen-bond donors (Lipinski definition) is 2. The Morgan fingerprint density at radius 1 is 1.20 bits per heavy atom. The highest BCUT2D eigenvalue weighted by Crippen LogP contribution is 2.26. The Hall–Kier alpha value is -1.27. The number of thioether (sulfide) groups is 1. The third-order valence-corrected chi connectivity index (χ3v) is 4.28. The second-order valence-corrected chi connectivity index (χ2v) is 5.68. The van der Waals surface area contributed by atoms with Crippen LogP contribution >= 0.6 is 11.8 Å². The van der Waals surface area contributed by atoms with Gasteiger partial charge in [-0.3, -0.25) is 0 Å². The van der Waals surface area contributed by atoms with E-state index in [4.69, 9.17) is 4.65 Å². The molecule has 5 heteroatoms. The Kier molecular flexibility index (Phi) is 3.85. The lowest BCUT2D eigenvalue weighted by Crippen LogP contribution is -2.28. The van der Waals surface area contributed by atoms with Gasteiger partial charge in [-0.05, 0) is 40.5 Å². The third-order valence-electron chi connectivity index (χ3n) is 3.56. The molecule has 1 aliphatic heterocycles. The lowest BCUT2D eigenvalue weighted by Gasteiger charge is -2.13. The number of rotatable bonds is 3. The van der Waals surface area contributed by atoms with E-state index in [1.807, 2.05) is 48.7 Å². The van der Waals surface area contributed by atoms with E-state index in [1.54, 1.807) is 11.8 Å². The molecule has 2 N–H and O–H groups in total. The zero-order chi connectivity index (χ0) is 14.1. The van der Waals surface area contributed by atoms with Crippen molar-refractivity contribution in [2.45, 2.75) is 17.6 Å². The summed E-state index contributed by atoms with van der Waals surface area (Å²) in [6.07, 6.45) is 1.31. The van der Waals surface area contributed by atoms with E-state index >= 15 is 0 Å². The van der Waals surface area contributed by atoms with Crippen molar-refractivity contribution >= 4 is 24.3 Å². The fourth-order valence-corrected chi connectivity index (χ4v) is 2.88. The molecule has 1 atom stereocenters. The van der Waals surface area contributed by atoms with Crippen molar-refractivity contribution in [2.75, 3.05) is 6.26 Å². The summed E-state index contributed by atoms with van der Waals surface area (Å²) in [5, 5.41) is 20.2. The van der Waals surface area contributed by atoms with Crippen LogP contribution in [-0.2, 0) is 11.3 Å². The van der Waals surface area contributed by atoms with Crippen molar-refractivity contribution < 1.29 is 14.8 Å². The molecule has 0 aromatic heterocycles. The molecule has 0 bridgehead atoms. The van der Waals surface area contributed by atoms with Gasteiger partial charge in [-0.15, -0.1) is 11.8 Å². The van der Waals surface area contributed by atoms with Crippen LogP contribution in [0.3, 0.4) is 0 Å². The molecule has 0 saturated carbocycles. The summed E-state index contributed by atoms with van der Waals surface area (Å²) in [6, 6.07) is 13.5. The molecule has 1 aliphatic rings. The Labute approximate surface area is 122 Å². The minimum absolute atomic E-state index is 0.425. The Morgan fingerprint density at radius 2 is 2.00 bits per heavy atom. The molecule has 1 unspecified atom stereocenters. The minimum atomic E-state index is -0.880. The van der Waals surface area contributed by atoms with E-state index in [1.165, 1.54) is 0 Å². The van der Waals surface area contributed by atoms with Crippen molar-refractivity contribution in [1.82, 2.24) is 0 Å². The monoisotopic (exact) mass is 286 g/mol. The molecule has 0 spiro atoms. The summed E-state index contributed by atoms with van der Waals surface area (Å²) < 4.78 is 5.17. The topological polar surface area (TPSA) is 49.7 Å². The van der Waals surface area contributed by atoms with Gasteiger partial charge in [0, 0.05) is 4.90 Å². The Morgan fingerprint density at radius 3 is 2.80 bits per heavy atom. The summed E-state index contributed by atoms with van der Waals surface area (Å²) in [5.74, 6) is 0. The van der Waals surface area contributed by atoms with Gasteiger partial charge >= 0.3 is 7.12 Å². The van der Waals surface area contributed by atoms with E-state index in [0.717, 1.165) is 27.0 Å². The van der Waals surface area contributed by atoms with E-state index in [2.05, 4.69) is 0 Å². The summed E-state index contributed by atoms with van der Waals surface area (Å²) in [6.45, 7) is 0.425. The molecule has 0 amide bonds. The fraction of sp³-hybridized carbons (Fsp3) is 0.200. The zero-order valence-electron chi connectivity index (χ0n) is 11.1. The first kappa shape index (κ1) is 13.7. The van der Waals surface area contributed by atoms with Crippen molar-refractivity contribution in [3.63, 3.8) is 0 Å². The van der Waals surface area contributed by atoms with Crippen molar-refractivity contribution in [3.8, 4) is 0 Å². The normalized spacial score (nSPS) is 15.2. The number of aliphatic hydroxyl groups is 1. The van der Waals surface area contributed by atoms with Crippen LogP contribution in [0.25, 0.3) is 0 Å². The van der Waals surface area contributed by atoms with Crippen LogP contribution < -0.4 is 5.46 Å². The molecular weight excluding hydrogens is 271 g/mol. The largest absolute Gasteiger partial charge is 0.491 e. The van der Waals surface area contributed by atoms with Gasteiger partial charge in [-0.1, -0.05) is 30.3 Å². The maximum atomic E-state index is 10.5. The summed E-state index contributed by atoms with van der Waals surface area (Å²) in [7, 11) is -0.880. The molecule has 2 aromatic rings. The van der Waals surface area contributed by atoms with Gasteiger partial charge in [-0.25, -0.2) is 0 Å². The lowest BCUT2D eigenvalue weighted by molar-refractivity contribution is 0.220. The zero-order valence-corrected chi connectivity index (χ0v) is 11.9. The van der Waals surface area contributed by atoms with Crippen molar-refractivity contribution in [2.24, 2.45) is 0 Å². The predicted octanol–water partition coefficient (Wildman–Crippen LogP) is 1.71. The number of fused-ring (bicyclic) bond motifs is 1. The van der Waals surface area contributed by atoms with Crippen LogP contribution in [-0.4, -0.2) is 23.5 Å². The smallest absolute Gasteiger partial charge is 0.423 e. The van der Waals surface area contributed by atoms with Gasteiger partial charge in [0.1, 0.15) is 6.10 Å². The Bertz CT molecular complexity index is 632. The second-order valence-electron chi connectivity index (χ2n) is 4.80. The van der Waals surface area contributed by atoms with Crippen LogP contribution in [0.15, 0.2) is 47.4 Å². The second kappa shape index (κ2) is 5.62. The average Bonchev–Trinajstić information content (AvgIpc) is 2.87. The molecule has 102 valence electrons. The number of benzene rings is 2. The van der Waals surface area contributed by atoms with Gasteiger partial charge in [0.05, 0.1) is 6.61 Å². The minimum Gasteiger partial charge on any atom is -0.423 e. The summed E-state index contributed by atoms with van der Waals surface area (Å²) in [4.78, 5) is 1.12. The summed E-state index contributed by atoms with van der Waals surface area (Å²) >= 11 is 1.64. The quantitative estimate of drug-likeness (QED) is 0.666. The predicted molar refractivity (Wildman–Crippen MR) is 81.1 cm³/mol. The highest BCUT2D eigenvalue weighted by molar-refractivity contribution is 7.98. The van der Waals surface area contributed by atoms with E-state index in [0.29, 0.717) is 6.61 Å². The van der Waals surface area contributed by atoms with Gasteiger partial charge < -0.3 is 14.8 Å². The van der Waals surface area contributed by atoms with Crippen LogP contribution in [0.2, 0.25) is 0 Å². The highest BCUT2D eigenvalue weighted by Gasteiger charge is 2.28. The van der Waals surface area contributed by atoms with Crippen LogP contribution in [0.1, 0.15) is 22.8 Å². The molecule has 0 fully saturated rings. The van der Waals surface area contributed by atoms with Gasteiger partial charge in [-0.2, -0.15) is 0 Å². The average molecular weight is 286 g/mol.